The molecular formula is C12H9FN2O3. The highest BCUT2D eigenvalue weighted by Gasteiger charge is 2.15. The van der Waals surface area contributed by atoms with Crippen LogP contribution in [-0.2, 0) is 7.05 Å². The molecule has 6 heteroatoms. The molecule has 1 heterocycles. The van der Waals surface area contributed by atoms with Crippen molar-refractivity contribution in [3.05, 3.63) is 52.2 Å². The largest absolute Gasteiger partial charge is 0.477 e. The lowest BCUT2D eigenvalue weighted by molar-refractivity contribution is 0.0694. The van der Waals surface area contributed by atoms with Gasteiger partial charge in [-0.25, -0.2) is 14.2 Å². The molecular weight excluding hydrogens is 239 g/mol. The Labute approximate surface area is 101 Å². The van der Waals surface area contributed by atoms with E-state index in [-0.39, 0.29) is 11.4 Å². The van der Waals surface area contributed by atoms with Gasteiger partial charge in [-0.3, -0.25) is 9.36 Å². The van der Waals surface area contributed by atoms with E-state index in [2.05, 4.69) is 4.98 Å². The maximum Gasteiger partial charge on any atom is 0.342 e. The van der Waals surface area contributed by atoms with Crippen LogP contribution >= 0.6 is 0 Å². The molecule has 92 valence electrons. The Bertz CT molecular complexity index is 679. The van der Waals surface area contributed by atoms with Crippen LogP contribution in [0.5, 0.6) is 0 Å². The first-order chi connectivity index (χ1) is 8.52. The zero-order valence-electron chi connectivity index (χ0n) is 9.42. The summed E-state index contributed by atoms with van der Waals surface area (Å²) in [4.78, 5) is 26.3. The Kier molecular flexibility index (Phi) is 2.93. The van der Waals surface area contributed by atoms with E-state index >= 15 is 0 Å². The number of hydrogen-bond acceptors (Lipinski definition) is 3. The van der Waals surface area contributed by atoms with Crippen LogP contribution in [0.15, 0.2) is 35.3 Å². The first-order valence-corrected chi connectivity index (χ1v) is 5.06. The number of benzene rings is 1. The number of aromatic carboxylic acids is 1. The second-order valence-electron chi connectivity index (χ2n) is 3.64. The van der Waals surface area contributed by atoms with Gasteiger partial charge in [0.2, 0.25) is 0 Å². The minimum Gasteiger partial charge on any atom is -0.477 e. The molecule has 0 bridgehead atoms. The molecule has 0 spiro atoms. The van der Waals surface area contributed by atoms with E-state index in [0.717, 1.165) is 10.8 Å². The summed E-state index contributed by atoms with van der Waals surface area (Å²) < 4.78 is 14.6. The fourth-order valence-electron chi connectivity index (χ4n) is 1.58. The number of carbonyl (C=O) groups is 1. The van der Waals surface area contributed by atoms with E-state index in [1.54, 1.807) is 6.07 Å². The maximum absolute atomic E-state index is 13.6. The van der Waals surface area contributed by atoms with Gasteiger partial charge in [-0.1, -0.05) is 12.1 Å². The van der Waals surface area contributed by atoms with Gasteiger partial charge in [0, 0.05) is 13.2 Å². The molecule has 5 nitrogen and oxygen atoms in total. The van der Waals surface area contributed by atoms with Crippen molar-refractivity contribution in [3.63, 3.8) is 0 Å². The van der Waals surface area contributed by atoms with Gasteiger partial charge >= 0.3 is 5.97 Å². The minimum absolute atomic E-state index is 0.0862. The molecule has 2 rings (SSSR count). The van der Waals surface area contributed by atoms with Crippen LogP contribution < -0.4 is 5.56 Å². The van der Waals surface area contributed by atoms with E-state index in [0.29, 0.717) is 0 Å². The van der Waals surface area contributed by atoms with Gasteiger partial charge in [0.15, 0.2) is 0 Å². The Morgan fingerprint density at radius 3 is 2.67 bits per heavy atom. The topological polar surface area (TPSA) is 72.2 Å². The van der Waals surface area contributed by atoms with Gasteiger partial charge in [-0.05, 0) is 12.1 Å². The Hall–Kier alpha value is -2.50. The summed E-state index contributed by atoms with van der Waals surface area (Å²) in [6, 6.07) is 5.84. The molecule has 1 N–H and O–H groups in total. The van der Waals surface area contributed by atoms with E-state index < -0.39 is 22.9 Å². The third kappa shape index (κ3) is 1.88. The lowest BCUT2D eigenvalue weighted by atomic mass is 10.2. The van der Waals surface area contributed by atoms with Crippen molar-refractivity contribution in [1.29, 1.82) is 0 Å². The molecule has 0 atom stereocenters. The molecule has 0 amide bonds. The first-order valence-electron chi connectivity index (χ1n) is 5.06. The van der Waals surface area contributed by atoms with Crippen LogP contribution in [0.2, 0.25) is 0 Å². The number of halogens is 1. The van der Waals surface area contributed by atoms with Crippen molar-refractivity contribution in [2.45, 2.75) is 0 Å². The normalized spacial score (nSPS) is 10.3. The summed E-state index contributed by atoms with van der Waals surface area (Å²) in [5, 5.41) is 8.78. The fraction of sp³-hybridized carbons (Fsp3) is 0.0833. The van der Waals surface area contributed by atoms with Gasteiger partial charge in [-0.15, -0.1) is 0 Å². The van der Waals surface area contributed by atoms with Gasteiger partial charge in [0.1, 0.15) is 17.2 Å². The molecule has 0 saturated heterocycles. The summed E-state index contributed by atoms with van der Waals surface area (Å²) >= 11 is 0. The van der Waals surface area contributed by atoms with Crippen molar-refractivity contribution in [2.75, 3.05) is 0 Å². The van der Waals surface area contributed by atoms with E-state index in [4.69, 9.17) is 5.11 Å². The van der Waals surface area contributed by atoms with Crippen molar-refractivity contribution in [1.82, 2.24) is 9.55 Å². The summed E-state index contributed by atoms with van der Waals surface area (Å²) in [5.74, 6) is -1.80. The first kappa shape index (κ1) is 12.0. The molecule has 0 aliphatic rings. The molecule has 0 fully saturated rings. The van der Waals surface area contributed by atoms with E-state index in [1.807, 2.05) is 0 Å². The summed E-state index contributed by atoms with van der Waals surface area (Å²) in [6.07, 6.45) is 0.937. The van der Waals surface area contributed by atoms with Crippen LogP contribution in [0.4, 0.5) is 4.39 Å². The van der Waals surface area contributed by atoms with Crippen LogP contribution in [0.25, 0.3) is 11.4 Å². The molecule has 0 radical (unpaired) electrons. The summed E-state index contributed by atoms with van der Waals surface area (Å²) in [7, 11) is 1.35. The predicted molar refractivity (Wildman–Crippen MR) is 61.8 cm³/mol. The zero-order valence-corrected chi connectivity index (χ0v) is 9.42. The summed E-state index contributed by atoms with van der Waals surface area (Å²) in [5.41, 5.74) is -1.03. The molecule has 0 aliphatic carbocycles. The van der Waals surface area contributed by atoms with E-state index in [9.17, 15) is 14.0 Å². The van der Waals surface area contributed by atoms with Crippen molar-refractivity contribution >= 4 is 5.97 Å². The Morgan fingerprint density at radius 2 is 2.06 bits per heavy atom. The third-order valence-corrected chi connectivity index (χ3v) is 2.51. The number of carboxylic acids is 1. The molecule has 0 aliphatic heterocycles. The highest BCUT2D eigenvalue weighted by Crippen LogP contribution is 2.18. The van der Waals surface area contributed by atoms with Crippen LogP contribution in [0.3, 0.4) is 0 Å². The average Bonchev–Trinajstić information content (AvgIpc) is 2.33. The van der Waals surface area contributed by atoms with Gasteiger partial charge < -0.3 is 5.11 Å². The minimum atomic E-state index is -1.36. The molecule has 2 aromatic rings. The third-order valence-electron chi connectivity index (χ3n) is 2.51. The molecule has 18 heavy (non-hydrogen) atoms. The zero-order chi connectivity index (χ0) is 13.3. The van der Waals surface area contributed by atoms with Crippen molar-refractivity contribution < 1.29 is 14.3 Å². The smallest absolute Gasteiger partial charge is 0.342 e. The van der Waals surface area contributed by atoms with Crippen LogP contribution in [-0.4, -0.2) is 20.6 Å². The van der Waals surface area contributed by atoms with E-state index in [1.165, 1.54) is 25.2 Å². The van der Waals surface area contributed by atoms with Gasteiger partial charge in [0.25, 0.3) is 5.56 Å². The fourth-order valence-corrected chi connectivity index (χ4v) is 1.58. The SMILES string of the molecule is Cn1c(-c2ccccc2F)ncc(C(=O)O)c1=O. The number of nitrogens with zero attached hydrogens (tertiary/aromatic N) is 2. The molecule has 1 aromatic heterocycles. The Morgan fingerprint density at radius 1 is 1.39 bits per heavy atom. The van der Waals surface area contributed by atoms with Gasteiger partial charge in [0.05, 0.1) is 5.56 Å². The standard InChI is InChI=1S/C12H9FN2O3/c1-15-10(7-4-2-3-5-9(7)13)14-6-8(11(15)16)12(17)18/h2-6H,1H3,(H,17,18). The quantitative estimate of drug-likeness (QED) is 0.869. The number of hydrogen-bond donors (Lipinski definition) is 1. The Balaban J connectivity index is 2.69. The monoisotopic (exact) mass is 248 g/mol. The average molecular weight is 248 g/mol. The molecule has 0 unspecified atom stereocenters. The molecule has 0 saturated carbocycles. The van der Waals surface area contributed by atoms with Crippen molar-refractivity contribution in [2.24, 2.45) is 7.05 Å². The number of rotatable bonds is 2. The predicted octanol–water partition coefficient (Wildman–Crippen LogP) is 1.28. The lowest BCUT2D eigenvalue weighted by Crippen LogP contribution is -2.26. The number of carboxylic acid groups (broad SMARTS) is 1. The summed E-state index contributed by atoms with van der Waals surface area (Å²) in [6.45, 7) is 0. The van der Waals surface area contributed by atoms with Crippen molar-refractivity contribution in [3.8, 4) is 11.4 Å². The highest BCUT2D eigenvalue weighted by molar-refractivity contribution is 5.86. The van der Waals surface area contributed by atoms with Crippen LogP contribution in [0, 0.1) is 5.82 Å². The number of aromatic nitrogens is 2. The molecule has 1 aromatic carbocycles. The maximum atomic E-state index is 13.6. The second kappa shape index (κ2) is 4.40. The highest BCUT2D eigenvalue weighted by atomic mass is 19.1. The van der Waals surface area contributed by atoms with Gasteiger partial charge in [-0.2, -0.15) is 0 Å². The lowest BCUT2D eigenvalue weighted by Gasteiger charge is -2.08. The second-order valence-corrected chi connectivity index (χ2v) is 3.64. The van der Waals surface area contributed by atoms with Crippen LogP contribution in [0.1, 0.15) is 10.4 Å².